The van der Waals surface area contributed by atoms with E-state index in [1.807, 2.05) is 0 Å². The molecule has 5 nitrogen and oxygen atoms in total. The number of anilines is 1. The molecule has 1 aliphatic rings. The molecule has 0 saturated heterocycles. The molecule has 2 N–H and O–H groups in total. The van der Waals surface area contributed by atoms with Gasteiger partial charge >= 0.3 is 6.01 Å². The fourth-order valence-electron chi connectivity index (χ4n) is 2.90. The predicted octanol–water partition coefficient (Wildman–Crippen LogP) is 3.73. The molecule has 0 bridgehead atoms. The quantitative estimate of drug-likeness (QED) is 0.837. The van der Waals surface area contributed by atoms with Crippen LogP contribution in [0.5, 0.6) is 0 Å². The van der Waals surface area contributed by atoms with Crippen molar-refractivity contribution in [1.29, 1.82) is 0 Å². The Hall–Kier alpha value is -1.10. The van der Waals surface area contributed by atoms with Gasteiger partial charge in [-0.1, -0.05) is 24.9 Å². The van der Waals surface area contributed by atoms with E-state index in [1.54, 1.807) is 0 Å². The van der Waals surface area contributed by atoms with Crippen LogP contribution in [0.2, 0.25) is 0 Å². The van der Waals surface area contributed by atoms with E-state index in [2.05, 4.69) is 48.5 Å². The van der Waals surface area contributed by atoms with Crippen molar-refractivity contribution in [2.45, 2.75) is 84.3 Å². The van der Waals surface area contributed by atoms with Gasteiger partial charge in [0, 0.05) is 11.6 Å². The summed E-state index contributed by atoms with van der Waals surface area (Å²) in [6, 6.07) is 1.06. The lowest BCUT2D eigenvalue weighted by molar-refractivity contribution is 0.315. The molecule has 0 radical (unpaired) electrons. The lowest BCUT2D eigenvalue weighted by Crippen LogP contribution is -2.35. The van der Waals surface area contributed by atoms with Gasteiger partial charge in [0.2, 0.25) is 5.89 Å². The van der Waals surface area contributed by atoms with Crippen molar-refractivity contribution in [3.8, 4) is 0 Å². The standard InChI is InChI=1S/C16H30N4O/c1-5-6-12-7-9-13(10-8-12)18-15-20-19-14(21-15)11-17-16(2,3)4/h12-13,17H,5-11H2,1-4H3,(H,18,20). The zero-order valence-electron chi connectivity index (χ0n) is 13.9. The molecule has 120 valence electrons. The largest absolute Gasteiger partial charge is 0.407 e. The molecule has 21 heavy (non-hydrogen) atoms. The Balaban J connectivity index is 1.75. The third-order valence-corrected chi connectivity index (χ3v) is 4.11. The van der Waals surface area contributed by atoms with Crippen LogP contribution in [-0.2, 0) is 6.54 Å². The van der Waals surface area contributed by atoms with Crippen LogP contribution in [0.4, 0.5) is 6.01 Å². The van der Waals surface area contributed by atoms with Crippen LogP contribution < -0.4 is 10.6 Å². The summed E-state index contributed by atoms with van der Waals surface area (Å²) in [4.78, 5) is 0. The summed E-state index contributed by atoms with van der Waals surface area (Å²) >= 11 is 0. The Morgan fingerprint density at radius 1 is 1.14 bits per heavy atom. The van der Waals surface area contributed by atoms with Gasteiger partial charge in [0.1, 0.15) is 0 Å². The zero-order chi connectivity index (χ0) is 15.3. The summed E-state index contributed by atoms with van der Waals surface area (Å²) in [6.07, 6.45) is 7.73. The molecule has 1 saturated carbocycles. The van der Waals surface area contributed by atoms with Crippen LogP contribution in [0.3, 0.4) is 0 Å². The number of hydrogen-bond acceptors (Lipinski definition) is 5. The number of nitrogens with zero attached hydrogens (tertiary/aromatic N) is 2. The third kappa shape index (κ3) is 5.65. The second-order valence-corrected chi connectivity index (χ2v) is 7.26. The Bertz CT molecular complexity index is 416. The molecule has 0 amide bonds. The summed E-state index contributed by atoms with van der Waals surface area (Å²) in [5.74, 6) is 1.56. The van der Waals surface area contributed by atoms with E-state index < -0.39 is 0 Å². The van der Waals surface area contributed by atoms with Crippen molar-refractivity contribution >= 4 is 6.01 Å². The van der Waals surface area contributed by atoms with Crippen molar-refractivity contribution in [2.75, 3.05) is 5.32 Å². The molecule has 1 aromatic rings. The minimum atomic E-state index is 0.0553. The van der Waals surface area contributed by atoms with E-state index in [4.69, 9.17) is 4.42 Å². The summed E-state index contributed by atoms with van der Waals surface area (Å²) in [5, 5.41) is 14.9. The predicted molar refractivity (Wildman–Crippen MR) is 85.2 cm³/mol. The van der Waals surface area contributed by atoms with Gasteiger partial charge in [0.05, 0.1) is 6.54 Å². The van der Waals surface area contributed by atoms with E-state index >= 15 is 0 Å². The maximum absolute atomic E-state index is 5.66. The smallest absolute Gasteiger partial charge is 0.315 e. The van der Waals surface area contributed by atoms with Crippen LogP contribution in [0.1, 0.15) is 72.1 Å². The minimum Gasteiger partial charge on any atom is -0.407 e. The highest BCUT2D eigenvalue weighted by atomic mass is 16.4. The van der Waals surface area contributed by atoms with E-state index in [1.165, 1.54) is 38.5 Å². The first-order valence-corrected chi connectivity index (χ1v) is 8.30. The molecule has 0 atom stereocenters. The molecule has 5 heteroatoms. The average Bonchev–Trinajstić information content (AvgIpc) is 2.86. The molecule has 0 aliphatic heterocycles. The summed E-state index contributed by atoms with van der Waals surface area (Å²) in [5.41, 5.74) is 0.0553. The van der Waals surface area contributed by atoms with Gasteiger partial charge in [-0.15, -0.1) is 5.10 Å². The first-order valence-electron chi connectivity index (χ1n) is 8.30. The Morgan fingerprint density at radius 2 is 1.86 bits per heavy atom. The van der Waals surface area contributed by atoms with Gasteiger partial charge in [0.15, 0.2) is 0 Å². The summed E-state index contributed by atoms with van der Waals surface area (Å²) in [7, 11) is 0. The monoisotopic (exact) mass is 294 g/mol. The highest BCUT2D eigenvalue weighted by Crippen LogP contribution is 2.29. The van der Waals surface area contributed by atoms with Gasteiger partial charge in [0.25, 0.3) is 0 Å². The average molecular weight is 294 g/mol. The Kier molecular flexibility index (Phi) is 5.62. The fourth-order valence-corrected chi connectivity index (χ4v) is 2.90. The second kappa shape index (κ2) is 7.25. The maximum Gasteiger partial charge on any atom is 0.315 e. The molecular formula is C16H30N4O. The molecule has 0 spiro atoms. The van der Waals surface area contributed by atoms with Gasteiger partial charge in [-0.05, 0) is 52.4 Å². The maximum atomic E-state index is 5.66. The molecule has 1 heterocycles. The lowest BCUT2D eigenvalue weighted by Gasteiger charge is -2.28. The molecule has 1 fully saturated rings. The number of hydrogen-bond donors (Lipinski definition) is 2. The SMILES string of the molecule is CCCC1CCC(Nc2nnc(CNC(C)(C)C)o2)CC1. The van der Waals surface area contributed by atoms with Crippen LogP contribution in [0.15, 0.2) is 4.42 Å². The van der Waals surface area contributed by atoms with Crippen molar-refractivity contribution in [2.24, 2.45) is 5.92 Å². The van der Waals surface area contributed by atoms with Crippen LogP contribution in [0, 0.1) is 5.92 Å². The van der Waals surface area contributed by atoms with E-state index in [9.17, 15) is 0 Å². The van der Waals surface area contributed by atoms with Gasteiger partial charge in [-0.3, -0.25) is 0 Å². The Morgan fingerprint density at radius 3 is 2.48 bits per heavy atom. The number of aromatic nitrogens is 2. The van der Waals surface area contributed by atoms with Crippen molar-refractivity contribution < 1.29 is 4.42 Å². The molecule has 0 unspecified atom stereocenters. The zero-order valence-corrected chi connectivity index (χ0v) is 13.9. The highest BCUT2D eigenvalue weighted by Gasteiger charge is 2.22. The lowest BCUT2D eigenvalue weighted by atomic mass is 9.83. The van der Waals surface area contributed by atoms with Crippen LogP contribution in [0.25, 0.3) is 0 Å². The number of rotatable bonds is 6. The normalized spacial score (nSPS) is 23.2. The topological polar surface area (TPSA) is 63.0 Å². The van der Waals surface area contributed by atoms with Gasteiger partial charge in [-0.2, -0.15) is 0 Å². The molecular weight excluding hydrogens is 264 g/mol. The van der Waals surface area contributed by atoms with E-state index in [-0.39, 0.29) is 5.54 Å². The van der Waals surface area contributed by atoms with Crippen LogP contribution >= 0.6 is 0 Å². The van der Waals surface area contributed by atoms with E-state index in [0.29, 0.717) is 24.5 Å². The molecule has 0 aromatic carbocycles. The van der Waals surface area contributed by atoms with Crippen molar-refractivity contribution in [3.05, 3.63) is 5.89 Å². The first kappa shape index (κ1) is 16.3. The summed E-state index contributed by atoms with van der Waals surface area (Å²) < 4.78 is 5.66. The number of nitrogens with one attached hydrogen (secondary N) is 2. The second-order valence-electron chi connectivity index (χ2n) is 7.26. The fraction of sp³-hybridized carbons (Fsp3) is 0.875. The van der Waals surface area contributed by atoms with Crippen molar-refractivity contribution in [1.82, 2.24) is 15.5 Å². The molecule has 1 aliphatic carbocycles. The van der Waals surface area contributed by atoms with Crippen molar-refractivity contribution in [3.63, 3.8) is 0 Å². The Labute approximate surface area is 128 Å². The highest BCUT2D eigenvalue weighted by molar-refractivity contribution is 5.19. The van der Waals surface area contributed by atoms with Gasteiger partial charge < -0.3 is 15.1 Å². The van der Waals surface area contributed by atoms with E-state index in [0.717, 1.165) is 5.92 Å². The molecule has 1 aromatic heterocycles. The van der Waals surface area contributed by atoms with Crippen LogP contribution in [-0.4, -0.2) is 21.8 Å². The minimum absolute atomic E-state index is 0.0553. The molecule has 2 rings (SSSR count). The summed E-state index contributed by atoms with van der Waals surface area (Å²) in [6.45, 7) is 9.25. The van der Waals surface area contributed by atoms with Gasteiger partial charge in [-0.25, -0.2) is 0 Å². The third-order valence-electron chi connectivity index (χ3n) is 4.11. The first-order chi connectivity index (χ1) is 9.96.